The van der Waals surface area contributed by atoms with E-state index < -0.39 is 0 Å². The topological polar surface area (TPSA) is 37.8 Å². The Labute approximate surface area is 104 Å². The Morgan fingerprint density at radius 2 is 2.25 bits per heavy atom. The van der Waals surface area contributed by atoms with Gasteiger partial charge in [-0.25, -0.2) is 4.98 Å². The molecule has 0 unspecified atom stereocenters. The molecule has 0 aliphatic carbocycles. The van der Waals surface area contributed by atoms with Gasteiger partial charge in [-0.15, -0.1) is 11.3 Å². The molecule has 2 heterocycles. The van der Waals surface area contributed by atoms with Crippen LogP contribution in [0.2, 0.25) is 4.34 Å². The summed E-state index contributed by atoms with van der Waals surface area (Å²) in [6.07, 6.45) is 4.43. The van der Waals surface area contributed by atoms with E-state index in [0.717, 1.165) is 34.5 Å². The number of thiazole rings is 1. The number of rotatable bonds is 5. The number of nitrogens with zero attached hydrogens (tertiary/aromatic N) is 2. The predicted molar refractivity (Wildman–Crippen MR) is 66.8 cm³/mol. The van der Waals surface area contributed by atoms with E-state index in [2.05, 4.69) is 15.3 Å². The second-order valence-corrected chi connectivity index (χ2v) is 5.05. The van der Waals surface area contributed by atoms with Gasteiger partial charge in [0.25, 0.3) is 0 Å². The fourth-order valence-electron chi connectivity index (χ4n) is 1.33. The Balaban J connectivity index is 1.69. The summed E-state index contributed by atoms with van der Waals surface area (Å²) in [5.74, 6) is 0. The molecule has 0 saturated heterocycles. The SMILES string of the molecule is Clc1cnc(CNCCc2ccccn2)s1. The fourth-order valence-corrected chi connectivity index (χ4v) is 2.25. The summed E-state index contributed by atoms with van der Waals surface area (Å²) in [6, 6.07) is 5.96. The number of pyridine rings is 1. The van der Waals surface area contributed by atoms with Crippen LogP contribution in [0.15, 0.2) is 30.6 Å². The molecule has 0 spiro atoms. The maximum Gasteiger partial charge on any atom is 0.113 e. The summed E-state index contributed by atoms with van der Waals surface area (Å²) in [6.45, 7) is 1.67. The quantitative estimate of drug-likeness (QED) is 0.833. The van der Waals surface area contributed by atoms with Crippen LogP contribution in [0.3, 0.4) is 0 Å². The first-order chi connectivity index (χ1) is 7.84. The van der Waals surface area contributed by atoms with Crippen molar-refractivity contribution in [2.45, 2.75) is 13.0 Å². The first-order valence-electron chi connectivity index (χ1n) is 5.05. The van der Waals surface area contributed by atoms with E-state index in [9.17, 15) is 0 Å². The lowest BCUT2D eigenvalue weighted by atomic mass is 10.3. The number of aromatic nitrogens is 2. The third-order valence-corrected chi connectivity index (χ3v) is 3.20. The average Bonchev–Trinajstić information content (AvgIpc) is 2.72. The molecule has 0 fully saturated rings. The van der Waals surface area contributed by atoms with Crippen LogP contribution in [0.4, 0.5) is 0 Å². The van der Waals surface area contributed by atoms with Crippen LogP contribution in [0.5, 0.6) is 0 Å². The van der Waals surface area contributed by atoms with Gasteiger partial charge in [0.2, 0.25) is 0 Å². The molecule has 84 valence electrons. The summed E-state index contributed by atoms with van der Waals surface area (Å²) in [5, 5.41) is 4.33. The standard InChI is InChI=1S/C11H12ClN3S/c12-10-7-15-11(16-10)8-13-6-4-9-3-1-2-5-14-9/h1-3,5,7,13H,4,6,8H2. The second kappa shape index (κ2) is 5.94. The molecule has 2 aromatic rings. The van der Waals surface area contributed by atoms with E-state index in [4.69, 9.17) is 11.6 Å². The molecule has 16 heavy (non-hydrogen) atoms. The lowest BCUT2D eigenvalue weighted by molar-refractivity contribution is 0.677. The minimum Gasteiger partial charge on any atom is -0.310 e. The minimum absolute atomic E-state index is 0.738. The van der Waals surface area contributed by atoms with Crippen molar-refractivity contribution in [2.75, 3.05) is 6.54 Å². The van der Waals surface area contributed by atoms with E-state index in [-0.39, 0.29) is 0 Å². The molecule has 0 aliphatic rings. The molecule has 0 aliphatic heterocycles. The maximum absolute atomic E-state index is 5.79. The fraction of sp³-hybridized carbons (Fsp3) is 0.273. The summed E-state index contributed by atoms with van der Waals surface area (Å²) in [7, 11) is 0. The highest BCUT2D eigenvalue weighted by molar-refractivity contribution is 7.15. The van der Waals surface area contributed by atoms with E-state index in [1.165, 1.54) is 11.3 Å². The van der Waals surface area contributed by atoms with E-state index in [1.807, 2.05) is 24.4 Å². The Bertz CT molecular complexity index is 430. The van der Waals surface area contributed by atoms with Crippen molar-refractivity contribution in [1.82, 2.24) is 15.3 Å². The zero-order valence-electron chi connectivity index (χ0n) is 8.69. The molecule has 0 aromatic carbocycles. The number of nitrogens with one attached hydrogen (secondary N) is 1. The van der Waals surface area contributed by atoms with Gasteiger partial charge in [0, 0.05) is 31.4 Å². The van der Waals surface area contributed by atoms with Crippen molar-refractivity contribution in [3.63, 3.8) is 0 Å². The first-order valence-corrected chi connectivity index (χ1v) is 6.25. The lowest BCUT2D eigenvalue weighted by Gasteiger charge is -2.01. The van der Waals surface area contributed by atoms with Gasteiger partial charge >= 0.3 is 0 Å². The Kier molecular flexibility index (Phi) is 4.27. The van der Waals surface area contributed by atoms with Gasteiger partial charge in [-0.3, -0.25) is 4.98 Å². The van der Waals surface area contributed by atoms with Crippen LogP contribution in [0.25, 0.3) is 0 Å². The average molecular weight is 254 g/mol. The second-order valence-electron chi connectivity index (χ2n) is 3.31. The lowest BCUT2D eigenvalue weighted by Crippen LogP contribution is -2.16. The highest BCUT2D eigenvalue weighted by Gasteiger charge is 1.99. The summed E-state index contributed by atoms with van der Waals surface area (Å²) in [4.78, 5) is 8.42. The molecule has 2 rings (SSSR count). The van der Waals surface area contributed by atoms with Gasteiger partial charge < -0.3 is 5.32 Å². The normalized spacial score (nSPS) is 10.6. The Morgan fingerprint density at radius 1 is 1.31 bits per heavy atom. The van der Waals surface area contributed by atoms with E-state index >= 15 is 0 Å². The first kappa shape index (κ1) is 11.5. The van der Waals surface area contributed by atoms with Gasteiger partial charge in [-0.2, -0.15) is 0 Å². The van der Waals surface area contributed by atoms with Gasteiger partial charge in [-0.05, 0) is 12.1 Å². The van der Waals surface area contributed by atoms with Gasteiger partial charge in [0.15, 0.2) is 0 Å². The highest BCUT2D eigenvalue weighted by Crippen LogP contribution is 2.17. The molecule has 2 aromatic heterocycles. The number of halogens is 1. The van der Waals surface area contributed by atoms with Gasteiger partial charge in [-0.1, -0.05) is 17.7 Å². The molecule has 0 bridgehead atoms. The summed E-state index contributed by atoms with van der Waals surface area (Å²) >= 11 is 7.30. The molecule has 0 amide bonds. The van der Waals surface area contributed by atoms with E-state index in [0.29, 0.717) is 0 Å². The van der Waals surface area contributed by atoms with Crippen molar-refractivity contribution in [3.05, 3.63) is 45.6 Å². The smallest absolute Gasteiger partial charge is 0.113 e. The molecule has 3 nitrogen and oxygen atoms in total. The third kappa shape index (κ3) is 3.56. The van der Waals surface area contributed by atoms with Gasteiger partial charge in [0.05, 0.1) is 6.20 Å². The monoisotopic (exact) mass is 253 g/mol. The number of hydrogen-bond donors (Lipinski definition) is 1. The number of hydrogen-bond acceptors (Lipinski definition) is 4. The molecular formula is C11H12ClN3S. The molecule has 0 saturated carbocycles. The Morgan fingerprint density at radius 3 is 2.94 bits per heavy atom. The third-order valence-electron chi connectivity index (χ3n) is 2.09. The molecule has 0 atom stereocenters. The highest BCUT2D eigenvalue weighted by atomic mass is 35.5. The Hall–Kier alpha value is -0.970. The van der Waals surface area contributed by atoms with Crippen molar-refractivity contribution in [1.29, 1.82) is 0 Å². The van der Waals surface area contributed by atoms with Crippen LogP contribution in [0.1, 0.15) is 10.7 Å². The van der Waals surface area contributed by atoms with E-state index in [1.54, 1.807) is 6.20 Å². The molecule has 1 N–H and O–H groups in total. The molecule has 0 radical (unpaired) electrons. The van der Waals surface area contributed by atoms with Crippen molar-refractivity contribution >= 4 is 22.9 Å². The van der Waals surface area contributed by atoms with Crippen molar-refractivity contribution in [3.8, 4) is 0 Å². The van der Waals surface area contributed by atoms with Crippen LogP contribution in [-0.4, -0.2) is 16.5 Å². The zero-order chi connectivity index (χ0) is 11.2. The molecule has 5 heteroatoms. The van der Waals surface area contributed by atoms with Crippen molar-refractivity contribution < 1.29 is 0 Å². The largest absolute Gasteiger partial charge is 0.310 e. The summed E-state index contributed by atoms with van der Waals surface area (Å²) in [5.41, 5.74) is 1.10. The van der Waals surface area contributed by atoms with Gasteiger partial charge in [0.1, 0.15) is 9.34 Å². The minimum atomic E-state index is 0.738. The summed E-state index contributed by atoms with van der Waals surface area (Å²) < 4.78 is 0.738. The van der Waals surface area contributed by atoms with Crippen molar-refractivity contribution in [2.24, 2.45) is 0 Å². The predicted octanol–water partition coefficient (Wildman–Crippen LogP) is 2.52. The zero-order valence-corrected chi connectivity index (χ0v) is 10.3. The van der Waals surface area contributed by atoms with Crippen LogP contribution in [-0.2, 0) is 13.0 Å². The maximum atomic E-state index is 5.79. The molecular weight excluding hydrogens is 242 g/mol. The van der Waals surface area contributed by atoms with Crippen LogP contribution >= 0.6 is 22.9 Å². The van der Waals surface area contributed by atoms with Crippen LogP contribution < -0.4 is 5.32 Å². The van der Waals surface area contributed by atoms with Crippen LogP contribution in [0, 0.1) is 0 Å².